The number of nitrogens with one attached hydrogen (secondary N) is 1. The highest BCUT2D eigenvalue weighted by atomic mass is 19.4. The van der Waals surface area contributed by atoms with Gasteiger partial charge in [-0.1, -0.05) is 13.0 Å². The van der Waals surface area contributed by atoms with Crippen LogP contribution in [-0.2, 0) is 9.53 Å². The molecule has 14 heteroatoms. The third-order valence-corrected chi connectivity index (χ3v) is 7.28. The van der Waals surface area contributed by atoms with Gasteiger partial charge in [-0.15, -0.1) is 0 Å². The molecule has 2 aliphatic rings. The molecule has 0 bridgehead atoms. The Hall–Kier alpha value is -3.42. The summed E-state index contributed by atoms with van der Waals surface area (Å²) >= 11 is 0. The zero-order valence-electron chi connectivity index (χ0n) is 20.6. The van der Waals surface area contributed by atoms with Gasteiger partial charge in [0.15, 0.2) is 17.2 Å². The molecule has 3 N–H and O–H groups in total. The number of anilines is 1. The van der Waals surface area contributed by atoms with Crippen molar-refractivity contribution >= 4 is 17.5 Å². The maximum atomic E-state index is 14.9. The first kappa shape index (κ1) is 28.6. The smallest absolute Gasteiger partial charge is 0.417 e. The standard InChI is InChI=1S/C25H24F7N3O4/c1-11-17(14-3-4-15(26)18(27)19(14)38-10-12-8-24(28,29)9-12)20(39-23(11,2)25(30,31)32)22(37)35-13-5-6-34-16(7-13)21(33)36/h3-7,11-12,17,20H,8-10H2,1-2H3,(H2,33,36)(H,34,35,37)/t11-,17+,20+,23-/m0/s1. The average molecular weight is 563 g/mol. The van der Waals surface area contributed by atoms with Crippen LogP contribution in [0.25, 0.3) is 0 Å². The number of amides is 2. The van der Waals surface area contributed by atoms with E-state index in [0.29, 0.717) is 6.07 Å². The van der Waals surface area contributed by atoms with Crippen LogP contribution in [0.1, 0.15) is 48.7 Å². The van der Waals surface area contributed by atoms with Crippen molar-refractivity contribution in [2.24, 2.45) is 17.6 Å². The van der Waals surface area contributed by atoms with Crippen molar-refractivity contribution in [1.82, 2.24) is 4.98 Å². The normalized spacial score (nSPS) is 26.6. The van der Waals surface area contributed by atoms with Crippen molar-refractivity contribution in [3.63, 3.8) is 0 Å². The van der Waals surface area contributed by atoms with E-state index in [0.717, 1.165) is 32.2 Å². The van der Waals surface area contributed by atoms with Crippen LogP contribution >= 0.6 is 0 Å². The van der Waals surface area contributed by atoms with E-state index in [4.69, 9.17) is 15.2 Å². The average Bonchev–Trinajstić information content (AvgIpc) is 3.10. The molecule has 7 nitrogen and oxygen atoms in total. The van der Waals surface area contributed by atoms with Crippen molar-refractivity contribution in [2.75, 3.05) is 11.9 Å². The molecule has 2 fully saturated rings. The summed E-state index contributed by atoms with van der Waals surface area (Å²) < 4.78 is 109. The van der Waals surface area contributed by atoms with Crippen LogP contribution in [-0.4, -0.2) is 47.2 Å². The SMILES string of the molecule is C[C@H]1[C@H](c2ccc(F)c(F)c2OCC2CC(F)(F)C2)[C@H](C(=O)Nc2ccnc(C(N)=O)c2)O[C@]1(C)C(F)(F)F. The molecule has 1 aliphatic heterocycles. The maximum absolute atomic E-state index is 14.9. The number of ether oxygens (including phenoxy) is 2. The van der Waals surface area contributed by atoms with Gasteiger partial charge in [0.2, 0.25) is 11.7 Å². The molecule has 0 spiro atoms. The lowest BCUT2D eigenvalue weighted by molar-refractivity contribution is -0.272. The van der Waals surface area contributed by atoms with Crippen LogP contribution in [0.3, 0.4) is 0 Å². The summed E-state index contributed by atoms with van der Waals surface area (Å²) in [5, 5.41) is 2.34. The highest BCUT2D eigenvalue weighted by molar-refractivity contribution is 5.97. The van der Waals surface area contributed by atoms with Gasteiger partial charge in [-0.25, -0.2) is 13.2 Å². The van der Waals surface area contributed by atoms with Gasteiger partial charge in [0.1, 0.15) is 11.8 Å². The number of halogens is 7. The van der Waals surface area contributed by atoms with E-state index < -0.39 is 90.2 Å². The van der Waals surface area contributed by atoms with Gasteiger partial charge in [-0.05, 0) is 25.1 Å². The Morgan fingerprint density at radius 1 is 1.21 bits per heavy atom. The lowest BCUT2D eigenvalue weighted by Gasteiger charge is -2.35. The number of nitrogens with zero attached hydrogens (tertiary/aromatic N) is 1. The topological polar surface area (TPSA) is 104 Å². The summed E-state index contributed by atoms with van der Waals surface area (Å²) in [6.45, 7) is 1.43. The molecule has 1 saturated carbocycles. The van der Waals surface area contributed by atoms with Crippen LogP contribution in [0.4, 0.5) is 36.4 Å². The summed E-state index contributed by atoms with van der Waals surface area (Å²) in [6.07, 6.45) is -6.82. The summed E-state index contributed by atoms with van der Waals surface area (Å²) in [5.74, 6) is -12.3. The Labute approximate surface area is 217 Å². The van der Waals surface area contributed by atoms with Crippen molar-refractivity contribution in [1.29, 1.82) is 0 Å². The molecule has 1 aromatic carbocycles. The number of alkyl halides is 5. The minimum absolute atomic E-state index is 0.0351. The Kier molecular flexibility index (Phi) is 7.30. The number of carbonyl (C=O) groups excluding carboxylic acids is 2. The molecular weight excluding hydrogens is 539 g/mol. The quantitative estimate of drug-likeness (QED) is 0.464. The predicted molar refractivity (Wildman–Crippen MR) is 122 cm³/mol. The molecule has 212 valence electrons. The number of nitrogens with two attached hydrogens (primary N) is 1. The van der Waals surface area contributed by atoms with Crippen molar-refractivity contribution in [2.45, 2.75) is 56.4 Å². The van der Waals surface area contributed by atoms with Crippen molar-refractivity contribution in [3.05, 3.63) is 53.4 Å². The fraction of sp³-hybridized carbons (Fsp3) is 0.480. The fourth-order valence-electron chi connectivity index (χ4n) is 4.94. The number of hydrogen-bond donors (Lipinski definition) is 2. The summed E-state index contributed by atoms with van der Waals surface area (Å²) in [6, 6.07) is 3.99. The van der Waals surface area contributed by atoms with E-state index in [2.05, 4.69) is 10.3 Å². The molecule has 2 amide bonds. The number of carbonyl (C=O) groups is 2. The third-order valence-electron chi connectivity index (χ3n) is 7.28. The summed E-state index contributed by atoms with van der Waals surface area (Å²) in [7, 11) is 0. The first-order valence-corrected chi connectivity index (χ1v) is 11.8. The molecule has 39 heavy (non-hydrogen) atoms. The predicted octanol–water partition coefficient (Wildman–Crippen LogP) is 4.96. The molecule has 2 heterocycles. The lowest BCUT2D eigenvalue weighted by atomic mass is 9.76. The van der Waals surface area contributed by atoms with E-state index in [9.17, 15) is 40.3 Å². The van der Waals surface area contributed by atoms with Gasteiger partial charge in [-0.3, -0.25) is 14.6 Å². The van der Waals surface area contributed by atoms with E-state index in [1.807, 2.05) is 0 Å². The fourth-order valence-corrected chi connectivity index (χ4v) is 4.94. The Morgan fingerprint density at radius 3 is 2.46 bits per heavy atom. The highest BCUT2D eigenvalue weighted by Gasteiger charge is 2.66. The first-order chi connectivity index (χ1) is 18.0. The van der Waals surface area contributed by atoms with E-state index in [1.165, 1.54) is 6.07 Å². The molecule has 1 saturated heterocycles. The number of benzene rings is 1. The minimum Gasteiger partial charge on any atom is -0.490 e. The number of pyridine rings is 1. The third kappa shape index (κ3) is 5.38. The second kappa shape index (κ2) is 9.96. The number of hydrogen-bond acceptors (Lipinski definition) is 5. The van der Waals surface area contributed by atoms with Crippen molar-refractivity contribution < 1.29 is 49.8 Å². The zero-order valence-corrected chi connectivity index (χ0v) is 20.6. The Morgan fingerprint density at radius 2 is 1.87 bits per heavy atom. The molecule has 0 radical (unpaired) electrons. The van der Waals surface area contributed by atoms with Crippen LogP contribution in [0.2, 0.25) is 0 Å². The largest absolute Gasteiger partial charge is 0.490 e. The molecule has 4 rings (SSSR count). The van der Waals surface area contributed by atoms with Gasteiger partial charge in [0.05, 0.1) is 6.61 Å². The van der Waals surface area contributed by atoms with Crippen LogP contribution in [0.15, 0.2) is 30.5 Å². The Balaban J connectivity index is 1.71. The second-order valence-corrected chi connectivity index (χ2v) is 9.96. The molecular formula is C25H24F7N3O4. The van der Waals surface area contributed by atoms with Crippen LogP contribution < -0.4 is 15.8 Å². The highest BCUT2D eigenvalue weighted by Crippen LogP contribution is 2.55. The van der Waals surface area contributed by atoms with Gasteiger partial charge in [-0.2, -0.15) is 17.6 Å². The van der Waals surface area contributed by atoms with Crippen LogP contribution in [0, 0.1) is 23.5 Å². The molecule has 1 aliphatic carbocycles. The second-order valence-electron chi connectivity index (χ2n) is 9.96. The molecule has 4 atom stereocenters. The summed E-state index contributed by atoms with van der Waals surface area (Å²) in [5.41, 5.74) is 1.71. The first-order valence-electron chi connectivity index (χ1n) is 11.8. The van der Waals surface area contributed by atoms with Crippen molar-refractivity contribution in [3.8, 4) is 5.75 Å². The molecule has 2 aromatic rings. The van der Waals surface area contributed by atoms with Gasteiger partial charge in [0.25, 0.3) is 11.8 Å². The monoisotopic (exact) mass is 563 g/mol. The molecule has 0 unspecified atom stereocenters. The minimum atomic E-state index is -4.98. The zero-order chi connectivity index (χ0) is 28.9. The Bertz CT molecular complexity index is 1280. The van der Waals surface area contributed by atoms with Gasteiger partial charge < -0.3 is 20.5 Å². The number of primary amides is 1. The number of aromatic nitrogens is 1. The maximum Gasteiger partial charge on any atom is 0.417 e. The molecule has 1 aromatic heterocycles. The van der Waals surface area contributed by atoms with E-state index >= 15 is 0 Å². The number of rotatable bonds is 7. The van der Waals surface area contributed by atoms with E-state index in [1.54, 1.807) is 0 Å². The van der Waals surface area contributed by atoms with Crippen LogP contribution in [0.5, 0.6) is 5.75 Å². The lowest BCUT2D eigenvalue weighted by Crippen LogP contribution is -2.47. The van der Waals surface area contributed by atoms with Gasteiger partial charge >= 0.3 is 6.18 Å². The summed E-state index contributed by atoms with van der Waals surface area (Å²) in [4.78, 5) is 28.4. The van der Waals surface area contributed by atoms with E-state index in [-0.39, 0.29) is 16.9 Å². The van der Waals surface area contributed by atoms with Gasteiger partial charge in [0, 0.05) is 48.0 Å².